The normalized spacial score (nSPS) is 13.4. The summed E-state index contributed by atoms with van der Waals surface area (Å²) < 4.78 is 13.5. The quantitative estimate of drug-likeness (QED) is 0.0923. The van der Waals surface area contributed by atoms with Crippen LogP contribution in [0.25, 0.3) is 164 Å². The molecule has 0 atom stereocenters. The number of pyridine rings is 2. The van der Waals surface area contributed by atoms with Gasteiger partial charge in [-0.1, -0.05) is 255 Å². The summed E-state index contributed by atoms with van der Waals surface area (Å²) in [6, 6.07) is 93.5. The third kappa shape index (κ3) is 10.5. The van der Waals surface area contributed by atoms with E-state index in [0.29, 0.717) is 0 Å². The van der Waals surface area contributed by atoms with Gasteiger partial charge in [-0.3, -0.25) is 19.9 Å². The third-order valence-electron chi connectivity index (χ3n) is 19.8. The molecule has 14 aromatic carbocycles. The molecule has 18 aromatic rings. The maximum atomic E-state index is 6.19. The molecule has 0 bridgehead atoms. The third-order valence-corrected chi connectivity index (χ3v) is 20.6. The minimum atomic E-state index is -0.373. The summed E-state index contributed by atoms with van der Waals surface area (Å²) in [6.45, 7) is 8.28. The number of benzene rings is 14. The molecule has 466 valence electrons. The van der Waals surface area contributed by atoms with Gasteiger partial charge in [-0.2, -0.15) is 0 Å². The van der Waals surface area contributed by atoms with E-state index in [0.717, 1.165) is 87.2 Å². The second-order valence-corrected chi connectivity index (χ2v) is 26.8. The first-order chi connectivity index (χ1) is 48.0. The molecule has 0 N–H and O–H groups in total. The Bertz CT molecular complexity index is 5950. The first-order valence-electron chi connectivity index (χ1n) is 33.1. The Morgan fingerprint density at radius 1 is 0.276 bits per heavy atom. The molecule has 1 fully saturated rings. The average molecular weight is 1330 g/mol. The van der Waals surface area contributed by atoms with Crippen LogP contribution < -0.4 is 5.46 Å². The van der Waals surface area contributed by atoms with Crippen LogP contribution in [0.2, 0.25) is 0 Å². The van der Waals surface area contributed by atoms with Gasteiger partial charge in [-0.25, -0.2) is 9.97 Å². The van der Waals surface area contributed by atoms with E-state index in [2.05, 4.69) is 308 Å². The van der Waals surface area contributed by atoms with Crippen molar-refractivity contribution in [1.82, 2.24) is 29.9 Å². The number of hydrogen-bond donors (Lipinski definition) is 0. The Kier molecular flexibility index (Phi) is 15.2. The molecule has 19 rings (SSSR count). The second-order valence-electron chi connectivity index (χ2n) is 26.0. The van der Waals surface area contributed by atoms with Crippen molar-refractivity contribution in [2.45, 2.75) is 38.9 Å². The predicted octanol–water partition coefficient (Wildman–Crippen LogP) is 22.4. The fourth-order valence-electron chi connectivity index (χ4n) is 14.3. The monoisotopic (exact) mass is 1320 g/mol. The first kappa shape index (κ1) is 60.3. The lowest BCUT2D eigenvalue weighted by atomic mass is 9.79. The number of hydrogen-bond acceptors (Lipinski definition) is 8. The summed E-state index contributed by atoms with van der Waals surface area (Å²) in [4.78, 5) is 28.8. The van der Waals surface area contributed by atoms with Gasteiger partial charge in [0.1, 0.15) is 0 Å². The zero-order valence-corrected chi connectivity index (χ0v) is 55.9. The molecule has 10 heteroatoms. The van der Waals surface area contributed by atoms with E-state index < -0.39 is 0 Å². The molecule has 0 amide bonds. The summed E-state index contributed by atoms with van der Waals surface area (Å²) in [5, 5.41) is 19.1. The fraction of sp³-hybridized carbons (Fsp3) is 0.0682. The van der Waals surface area contributed by atoms with Crippen LogP contribution >= 0.6 is 15.9 Å². The van der Waals surface area contributed by atoms with Crippen molar-refractivity contribution < 1.29 is 9.31 Å². The Labute approximate surface area is 575 Å². The minimum absolute atomic E-state index is 0.357. The molecular formula is C88H62BBrN6O2. The summed E-state index contributed by atoms with van der Waals surface area (Å²) in [5.74, 6) is 0. The van der Waals surface area contributed by atoms with Gasteiger partial charge in [0.15, 0.2) is 0 Å². The van der Waals surface area contributed by atoms with Crippen LogP contribution in [0, 0.1) is 0 Å². The molecule has 1 aliphatic rings. The Hall–Kier alpha value is -11.4. The number of aromatic nitrogens is 6. The molecular weight excluding hydrogens is 1260 g/mol. The molecule has 1 aliphatic heterocycles. The molecule has 5 heterocycles. The van der Waals surface area contributed by atoms with E-state index in [-0.39, 0.29) is 18.3 Å². The number of nitrogens with zero attached hydrogens (tertiary/aromatic N) is 6. The predicted molar refractivity (Wildman–Crippen MR) is 412 cm³/mol. The molecule has 98 heavy (non-hydrogen) atoms. The lowest BCUT2D eigenvalue weighted by Gasteiger charge is -2.32. The van der Waals surface area contributed by atoms with E-state index >= 15 is 0 Å². The van der Waals surface area contributed by atoms with Gasteiger partial charge in [0, 0.05) is 73.1 Å². The van der Waals surface area contributed by atoms with E-state index in [1.807, 2.05) is 49.3 Å². The van der Waals surface area contributed by atoms with Crippen molar-refractivity contribution in [2.75, 3.05) is 0 Å². The van der Waals surface area contributed by atoms with Crippen molar-refractivity contribution in [3.8, 4) is 55.9 Å². The van der Waals surface area contributed by atoms with Gasteiger partial charge in [0.2, 0.25) is 0 Å². The van der Waals surface area contributed by atoms with Crippen molar-refractivity contribution in [1.29, 1.82) is 0 Å². The van der Waals surface area contributed by atoms with Gasteiger partial charge in [0.05, 0.1) is 57.1 Å². The average Bonchev–Trinajstić information content (AvgIpc) is 1.06. The lowest BCUT2D eigenvalue weighted by molar-refractivity contribution is 0.00578. The highest BCUT2D eigenvalue weighted by Gasteiger charge is 2.51. The Morgan fingerprint density at radius 3 is 0.908 bits per heavy atom. The van der Waals surface area contributed by atoms with Crippen LogP contribution in [0.1, 0.15) is 27.7 Å². The zero-order chi connectivity index (χ0) is 66.1. The van der Waals surface area contributed by atoms with E-state index in [1.165, 1.54) is 86.9 Å². The SMILES string of the molecule is Brc1c2ccccc2c(-c2cccnc2)c2ccccc12.CC1(C)OB(c2ccc(-c3cnc4c5ccccc5c5ccccc5c4n3)cc2)OC1(C)C.c1cncc(-c2c3ccccc3c(-c3ccc(-c4cnc5c6ccccc6c6ccccc6c5n4)cc3)c3ccccc23)c1. The maximum absolute atomic E-state index is 6.19. The Morgan fingerprint density at radius 2 is 0.561 bits per heavy atom. The highest BCUT2D eigenvalue weighted by Crippen LogP contribution is 2.46. The van der Waals surface area contributed by atoms with Gasteiger partial charge in [-0.05, 0) is 148 Å². The molecule has 8 nitrogen and oxygen atoms in total. The highest BCUT2D eigenvalue weighted by atomic mass is 79.9. The Balaban J connectivity index is 0.000000118. The zero-order valence-electron chi connectivity index (χ0n) is 54.3. The van der Waals surface area contributed by atoms with Gasteiger partial charge in [-0.15, -0.1) is 0 Å². The lowest BCUT2D eigenvalue weighted by Crippen LogP contribution is -2.41. The maximum Gasteiger partial charge on any atom is 0.494 e. The molecule has 0 radical (unpaired) electrons. The fourth-order valence-corrected chi connectivity index (χ4v) is 15.0. The highest BCUT2D eigenvalue weighted by molar-refractivity contribution is 9.10. The number of rotatable bonds is 6. The van der Waals surface area contributed by atoms with Crippen molar-refractivity contribution in [3.63, 3.8) is 0 Å². The van der Waals surface area contributed by atoms with Crippen LogP contribution in [0.15, 0.2) is 309 Å². The number of halogens is 1. The van der Waals surface area contributed by atoms with E-state index in [4.69, 9.17) is 29.2 Å². The summed E-state index contributed by atoms with van der Waals surface area (Å²) in [7, 11) is -0.373. The summed E-state index contributed by atoms with van der Waals surface area (Å²) in [5.41, 5.74) is 14.9. The standard InChI is InChI=1S/C41H25N3.C28H25BN2O2.C19H12BrN/c1-7-17-35-29(11-1)30-12-2-8-18-36(30)41-40(35)43-25-37(44-41)26-19-21-27(22-20-26)38-31-13-3-5-15-33(31)39(28-10-9-23-42-24-28)34-16-6-4-14-32(34)38;1-27(2)28(3,4)33-29(32-27)19-15-13-18(14-16-19)24-17-30-25-22-11-7-5-9-20(22)21-10-6-8-12-23(21)26(25)31-24;20-19-16-9-3-1-7-14(16)18(13-6-5-11-21-12-13)15-8-2-4-10-17(15)19/h1-25H;5-17H,1-4H3;1-12H. The van der Waals surface area contributed by atoms with Gasteiger partial charge < -0.3 is 9.31 Å². The van der Waals surface area contributed by atoms with E-state index in [9.17, 15) is 0 Å². The van der Waals surface area contributed by atoms with Crippen molar-refractivity contribution >= 4 is 137 Å². The van der Waals surface area contributed by atoms with Crippen LogP contribution in [0.3, 0.4) is 0 Å². The smallest absolute Gasteiger partial charge is 0.399 e. The summed E-state index contributed by atoms with van der Waals surface area (Å²) in [6.07, 6.45) is 11.3. The second kappa shape index (κ2) is 24.7. The molecule has 0 unspecified atom stereocenters. The van der Waals surface area contributed by atoms with Gasteiger partial charge >= 0.3 is 7.12 Å². The molecule has 4 aromatic heterocycles. The molecule has 0 spiro atoms. The van der Waals surface area contributed by atoms with E-state index in [1.54, 1.807) is 0 Å². The molecule has 0 aliphatic carbocycles. The summed E-state index contributed by atoms with van der Waals surface area (Å²) >= 11 is 3.77. The topological polar surface area (TPSA) is 95.8 Å². The first-order valence-corrected chi connectivity index (χ1v) is 33.9. The van der Waals surface area contributed by atoms with Crippen molar-refractivity contribution in [2.24, 2.45) is 0 Å². The molecule has 1 saturated heterocycles. The van der Waals surface area contributed by atoms with Crippen LogP contribution in [-0.4, -0.2) is 48.2 Å². The minimum Gasteiger partial charge on any atom is -0.399 e. The van der Waals surface area contributed by atoms with Crippen molar-refractivity contribution in [3.05, 3.63) is 309 Å². The van der Waals surface area contributed by atoms with Crippen LogP contribution in [0.5, 0.6) is 0 Å². The molecule has 0 saturated carbocycles. The van der Waals surface area contributed by atoms with Gasteiger partial charge in [0.25, 0.3) is 0 Å². The largest absolute Gasteiger partial charge is 0.494 e. The number of fused-ring (bicyclic) bond motifs is 16. The van der Waals surface area contributed by atoms with Crippen LogP contribution in [0.4, 0.5) is 0 Å². The van der Waals surface area contributed by atoms with Crippen LogP contribution in [-0.2, 0) is 9.31 Å².